The minimum atomic E-state index is -0.702. The number of anilines is 1. The molecule has 0 atom stereocenters. The fourth-order valence-corrected chi connectivity index (χ4v) is 1.70. The number of nitrogen functional groups attached to an aromatic ring is 1. The minimum absolute atomic E-state index is 0.240. The van der Waals surface area contributed by atoms with E-state index in [1.165, 1.54) is 18.5 Å². The molecule has 18 heavy (non-hydrogen) atoms. The predicted molar refractivity (Wildman–Crippen MR) is 61.9 cm³/mol. The van der Waals surface area contributed by atoms with Gasteiger partial charge in [0, 0.05) is 5.56 Å². The molecule has 1 aliphatic heterocycles. The van der Waals surface area contributed by atoms with Crippen LogP contribution in [-0.2, 0) is 0 Å². The summed E-state index contributed by atoms with van der Waals surface area (Å²) < 4.78 is 13.0. The Labute approximate surface area is 101 Å². The highest BCUT2D eigenvalue weighted by molar-refractivity contribution is 6.19. The van der Waals surface area contributed by atoms with E-state index in [0.29, 0.717) is 22.7 Å². The van der Waals surface area contributed by atoms with Crippen molar-refractivity contribution < 1.29 is 9.50 Å². The van der Waals surface area contributed by atoms with Gasteiger partial charge in [-0.3, -0.25) is 0 Å². The summed E-state index contributed by atoms with van der Waals surface area (Å²) in [4.78, 5) is 7.78. The third kappa shape index (κ3) is 1.45. The van der Waals surface area contributed by atoms with Crippen molar-refractivity contribution in [1.82, 2.24) is 15.4 Å². The molecule has 89 valence electrons. The Kier molecular flexibility index (Phi) is 2.12. The second kappa shape index (κ2) is 3.66. The van der Waals surface area contributed by atoms with E-state index in [-0.39, 0.29) is 5.82 Å². The SMILES string of the molecule is Nc1ncnc2c1C(c1ccc(F)c(O)c1)=N[N]2. The zero-order valence-electron chi connectivity index (χ0n) is 9.00. The number of aromatic hydroxyl groups is 1. The van der Waals surface area contributed by atoms with Crippen molar-refractivity contribution in [2.45, 2.75) is 0 Å². The molecular formula is C11H7FN5O. The van der Waals surface area contributed by atoms with E-state index in [2.05, 4.69) is 20.5 Å². The van der Waals surface area contributed by atoms with Crippen LogP contribution in [0.25, 0.3) is 0 Å². The third-order valence-electron chi connectivity index (χ3n) is 2.56. The maximum Gasteiger partial charge on any atom is 0.189 e. The van der Waals surface area contributed by atoms with Crippen LogP contribution in [0.1, 0.15) is 11.1 Å². The molecule has 7 heteroatoms. The molecule has 3 N–H and O–H groups in total. The van der Waals surface area contributed by atoms with Crippen LogP contribution in [0, 0.1) is 5.82 Å². The first-order chi connectivity index (χ1) is 8.66. The Bertz CT molecular complexity index is 670. The molecule has 0 fully saturated rings. The van der Waals surface area contributed by atoms with Crippen LogP contribution in [0.4, 0.5) is 16.0 Å². The smallest absolute Gasteiger partial charge is 0.189 e. The van der Waals surface area contributed by atoms with Gasteiger partial charge in [-0.05, 0) is 18.2 Å². The summed E-state index contributed by atoms with van der Waals surface area (Å²) in [6.45, 7) is 0. The number of nitrogens with two attached hydrogens (primary N) is 1. The van der Waals surface area contributed by atoms with Crippen LogP contribution in [0.3, 0.4) is 0 Å². The molecule has 3 rings (SSSR count). The van der Waals surface area contributed by atoms with E-state index in [9.17, 15) is 9.50 Å². The summed E-state index contributed by atoms with van der Waals surface area (Å²) in [7, 11) is 0. The van der Waals surface area contributed by atoms with Crippen LogP contribution >= 0.6 is 0 Å². The second-order valence-corrected chi connectivity index (χ2v) is 3.67. The van der Waals surface area contributed by atoms with Crippen molar-refractivity contribution >= 4 is 17.3 Å². The van der Waals surface area contributed by atoms with E-state index in [4.69, 9.17) is 5.73 Å². The summed E-state index contributed by atoms with van der Waals surface area (Å²) in [6, 6.07) is 3.88. The Morgan fingerprint density at radius 3 is 2.83 bits per heavy atom. The number of hydrogen-bond donors (Lipinski definition) is 2. The van der Waals surface area contributed by atoms with E-state index in [1.807, 2.05) is 0 Å². The highest BCUT2D eigenvalue weighted by Gasteiger charge is 2.24. The highest BCUT2D eigenvalue weighted by atomic mass is 19.1. The molecule has 0 saturated heterocycles. The Balaban J connectivity index is 2.14. The Morgan fingerprint density at radius 2 is 2.06 bits per heavy atom. The lowest BCUT2D eigenvalue weighted by Crippen LogP contribution is -2.06. The van der Waals surface area contributed by atoms with Crippen molar-refractivity contribution in [3.8, 4) is 5.75 Å². The minimum Gasteiger partial charge on any atom is -0.505 e. The second-order valence-electron chi connectivity index (χ2n) is 3.67. The number of fused-ring (bicyclic) bond motifs is 1. The molecule has 1 aromatic heterocycles. The van der Waals surface area contributed by atoms with Crippen molar-refractivity contribution in [3.63, 3.8) is 0 Å². The molecular weight excluding hydrogens is 237 g/mol. The summed E-state index contributed by atoms with van der Waals surface area (Å²) in [5.74, 6) is -0.559. The average Bonchev–Trinajstić information content (AvgIpc) is 2.78. The summed E-state index contributed by atoms with van der Waals surface area (Å²) in [6.07, 6.45) is 1.29. The van der Waals surface area contributed by atoms with Crippen molar-refractivity contribution in [2.75, 3.05) is 5.73 Å². The molecule has 1 radical (unpaired) electrons. The number of benzene rings is 1. The lowest BCUT2D eigenvalue weighted by molar-refractivity contribution is 0.432. The largest absolute Gasteiger partial charge is 0.505 e. The zero-order chi connectivity index (χ0) is 12.7. The van der Waals surface area contributed by atoms with Gasteiger partial charge < -0.3 is 10.8 Å². The van der Waals surface area contributed by atoms with Crippen molar-refractivity contribution in [1.29, 1.82) is 0 Å². The van der Waals surface area contributed by atoms with Gasteiger partial charge in [0.05, 0.1) is 5.56 Å². The fourth-order valence-electron chi connectivity index (χ4n) is 1.70. The highest BCUT2D eigenvalue weighted by Crippen LogP contribution is 2.28. The summed E-state index contributed by atoms with van der Waals surface area (Å²) in [5.41, 5.74) is 11.0. The van der Waals surface area contributed by atoms with Crippen molar-refractivity contribution in [2.24, 2.45) is 5.10 Å². The van der Waals surface area contributed by atoms with E-state index >= 15 is 0 Å². The van der Waals surface area contributed by atoms with E-state index < -0.39 is 11.6 Å². The van der Waals surface area contributed by atoms with Gasteiger partial charge in [0.25, 0.3) is 0 Å². The first-order valence-electron chi connectivity index (χ1n) is 5.05. The lowest BCUT2D eigenvalue weighted by atomic mass is 10.0. The first kappa shape index (κ1) is 10.5. The maximum absolute atomic E-state index is 13.0. The van der Waals surface area contributed by atoms with Crippen LogP contribution < -0.4 is 11.2 Å². The predicted octanol–water partition coefficient (Wildman–Crippen LogP) is 0.905. The molecule has 0 bridgehead atoms. The molecule has 1 aromatic carbocycles. The molecule has 0 saturated carbocycles. The van der Waals surface area contributed by atoms with E-state index in [1.54, 1.807) is 0 Å². The standard InChI is InChI=1S/C11H7FN5O/c12-6-2-1-5(3-7(6)18)9-8-10(13)14-4-15-11(8)17-16-9/h1-4,18H,(H2,13,14,15). The van der Waals surface area contributed by atoms with Crippen LogP contribution in [0.2, 0.25) is 0 Å². The molecule has 0 unspecified atom stereocenters. The maximum atomic E-state index is 13.0. The Morgan fingerprint density at radius 1 is 1.22 bits per heavy atom. The lowest BCUT2D eigenvalue weighted by Gasteiger charge is -2.04. The van der Waals surface area contributed by atoms with Crippen LogP contribution in [0.5, 0.6) is 5.75 Å². The molecule has 0 aliphatic carbocycles. The molecule has 1 aliphatic rings. The topological polar surface area (TPSA) is 98.5 Å². The quantitative estimate of drug-likeness (QED) is 0.778. The van der Waals surface area contributed by atoms with Gasteiger partial charge in [-0.15, -0.1) is 10.5 Å². The van der Waals surface area contributed by atoms with Crippen molar-refractivity contribution in [3.05, 3.63) is 41.5 Å². The number of hydrogen-bond acceptors (Lipinski definition) is 5. The molecule has 2 heterocycles. The van der Waals surface area contributed by atoms with Crippen LogP contribution in [0.15, 0.2) is 29.6 Å². The summed E-state index contributed by atoms with van der Waals surface area (Å²) in [5, 5.41) is 13.3. The van der Waals surface area contributed by atoms with Gasteiger partial charge in [-0.2, -0.15) is 0 Å². The normalized spacial score (nSPS) is 12.8. The number of phenolic OH excluding ortho intramolecular Hbond substituents is 1. The number of aromatic nitrogens is 2. The number of rotatable bonds is 1. The van der Waals surface area contributed by atoms with Crippen LogP contribution in [-0.4, -0.2) is 20.8 Å². The number of phenols is 1. The third-order valence-corrected chi connectivity index (χ3v) is 2.56. The van der Waals surface area contributed by atoms with Gasteiger partial charge in [0.2, 0.25) is 0 Å². The fraction of sp³-hybridized carbons (Fsp3) is 0. The van der Waals surface area contributed by atoms with Gasteiger partial charge in [-0.1, -0.05) is 0 Å². The summed E-state index contributed by atoms with van der Waals surface area (Å²) >= 11 is 0. The average molecular weight is 244 g/mol. The Hall–Kier alpha value is -2.70. The molecule has 6 nitrogen and oxygen atoms in total. The van der Waals surface area contributed by atoms with Gasteiger partial charge >= 0.3 is 0 Å². The molecule has 0 spiro atoms. The van der Waals surface area contributed by atoms with E-state index in [0.717, 1.165) is 6.07 Å². The van der Waals surface area contributed by atoms with Gasteiger partial charge in [-0.25, -0.2) is 14.4 Å². The number of nitrogens with zero attached hydrogens (tertiary/aromatic N) is 4. The van der Waals surface area contributed by atoms with Gasteiger partial charge in [0.1, 0.15) is 17.9 Å². The monoisotopic (exact) mass is 244 g/mol. The zero-order valence-corrected chi connectivity index (χ0v) is 9.00. The van der Waals surface area contributed by atoms with Gasteiger partial charge in [0.15, 0.2) is 17.4 Å². The number of halogens is 1. The first-order valence-corrected chi connectivity index (χ1v) is 5.05. The molecule has 0 amide bonds. The molecule has 2 aromatic rings.